The summed E-state index contributed by atoms with van der Waals surface area (Å²) in [5.41, 5.74) is 0.605. The van der Waals surface area contributed by atoms with Crippen molar-refractivity contribution in [2.24, 2.45) is 4.99 Å². The molecule has 0 heterocycles. The number of carbonyl (C=O) groups excluding carboxylic acids is 1. The lowest BCUT2D eigenvalue weighted by Gasteiger charge is -2.21. The summed E-state index contributed by atoms with van der Waals surface area (Å²) >= 11 is 5.80. The fourth-order valence-electron chi connectivity index (χ4n) is 1.94. The lowest BCUT2D eigenvalue weighted by molar-refractivity contribution is 0.0954. The number of nitrogens with zero attached hydrogens (tertiary/aromatic N) is 2. The zero-order chi connectivity index (χ0) is 16.4. The van der Waals surface area contributed by atoms with Gasteiger partial charge in [-0.15, -0.1) is 24.0 Å². The summed E-state index contributed by atoms with van der Waals surface area (Å²) in [6, 6.07) is 6.84. The van der Waals surface area contributed by atoms with Gasteiger partial charge < -0.3 is 15.5 Å². The molecular formula is C16H26ClIN4O. The molecule has 1 aromatic carbocycles. The number of unbranched alkanes of at least 4 members (excludes halogenated alkanes) is 1. The van der Waals surface area contributed by atoms with Crippen LogP contribution in [-0.2, 0) is 0 Å². The molecule has 0 spiro atoms. The van der Waals surface area contributed by atoms with Crippen molar-refractivity contribution in [2.45, 2.75) is 19.8 Å². The number of guanidine groups is 1. The number of benzene rings is 1. The first kappa shape index (κ1) is 22.0. The van der Waals surface area contributed by atoms with E-state index >= 15 is 0 Å². The molecule has 5 nitrogen and oxygen atoms in total. The smallest absolute Gasteiger partial charge is 0.251 e. The van der Waals surface area contributed by atoms with Crippen LogP contribution < -0.4 is 10.6 Å². The monoisotopic (exact) mass is 452 g/mol. The Labute approximate surface area is 160 Å². The molecule has 0 radical (unpaired) electrons. The minimum absolute atomic E-state index is 0. The molecule has 1 amide bonds. The van der Waals surface area contributed by atoms with Crippen LogP contribution in [0.5, 0.6) is 0 Å². The highest BCUT2D eigenvalue weighted by atomic mass is 127. The first-order valence-corrected chi connectivity index (χ1v) is 7.91. The molecule has 1 rings (SSSR count). The molecule has 0 aliphatic heterocycles. The maximum atomic E-state index is 11.9. The molecule has 130 valence electrons. The summed E-state index contributed by atoms with van der Waals surface area (Å²) in [7, 11) is 3.77. The third-order valence-corrected chi connectivity index (χ3v) is 3.47. The van der Waals surface area contributed by atoms with Gasteiger partial charge >= 0.3 is 0 Å². The van der Waals surface area contributed by atoms with Gasteiger partial charge in [-0.1, -0.05) is 24.9 Å². The Balaban J connectivity index is 0.00000484. The third kappa shape index (κ3) is 8.41. The Hall–Kier alpha value is -1.02. The molecule has 0 saturated heterocycles. The first-order valence-electron chi connectivity index (χ1n) is 7.54. The van der Waals surface area contributed by atoms with Crippen LogP contribution in [0.3, 0.4) is 0 Å². The number of carbonyl (C=O) groups is 1. The van der Waals surface area contributed by atoms with Gasteiger partial charge in [-0.25, -0.2) is 0 Å². The summed E-state index contributed by atoms with van der Waals surface area (Å²) < 4.78 is 0. The number of nitrogens with one attached hydrogen (secondary N) is 2. The molecule has 0 fully saturated rings. The second kappa shape index (κ2) is 12.4. The molecule has 0 atom stereocenters. The number of hydrogen-bond donors (Lipinski definition) is 2. The summed E-state index contributed by atoms with van der Waals surface area (Å²) in [6.07, 6.45) is 2.28. The van der Waals surface area contributed by atoms with Crippen molar-refractivity contribution in [2.75, 3.05) is 33.7 Å². The Morgan fingerprint density at radius 1 is 1.22 bits per heavy atom. The molecule has 2 N–H and O–H groups in total. The predicted octanol–water partition coefficient (Wildman–Crippen LogP) is 3.00. The minimum Gasteiger partial charge on any atom is -0.354 e. The van der Waals surface area contributed by atoms with E-state index in [1.807, 2.05) is 7.05 Å². The number of amides is 1. The van der Waals surface area contributed by atoms with Gasteiger partial charge in [0, 0.05) is 44.3 Å². The highest BCUT2D eigenvalue weighted by Gasteiger charge is 2.06. The highest BCUT2D eigenvalue weighted by Crippen LogP contribution is 2.09. The molecule has 0 unspecified atom stereocenters. The van der Waals surface area contributed by atoms with E-state index in [2.05, 4.69) is 27.4 Å². The number of hydrogen-bond acceptors (Lipinski definition) is 2. The summed E-state index contributed by atoms with van der Waals surface area (Å²) in [5.74, 6) is 0.738. The zero-order valence-electron chi connectivity index (χ0n) is 13.9. The van der Waals surface area contributed by atoms with E-state index in [4.69, 9.17) is 11.6 Å². The molecular weight excluding hydrogens is 427 g/mol. The highest BCUT2D eigenvalue weighted by molar-refractivity contribution is 14.0. The van der Waals surface area contributed by atoms with Gasteiger partial charge in [0.05, 0.1) is 0 Å². The van der Waals surface area contributed by atoms with Gasteiger partial charge in [0.1, 0.15) is 0 Å². The first-order chi connectivity index (χ1) is 10.6. The van der Waals surface area contributed by atoms with Crippen LogP contribution in [0.2, 0.25) is 5.02 Å². The Kier molecular flexibility index (Phi) is 11.9. The van der Waals surface area contributed by atoms with Crippen molar-refractivity contribution in [3.8, 4) is 0 Å². The summed E-state index contributed by atoms with van der Waals surface area (Å²) in [6.45, 7) is 4.29. The van der Waals surface area contributed by atoms with Crippen molar-refractivity contribution in [3.05, 3.63) is 34.9 Å². The van der Waals surface area contributed by atoms with E-state index < -0.39 is 0 Å². The topological polar surface area (TPSA) is 56.7 Å². The van der Waals surface area contributed by atoms with Crippen molar-refractivity contribution >= 4 is 47.4 Å². The third-order valence-electron chi connectivity index (χ3n) is 3.22. The van der Waals surface area contributed by atoms with Crippen LogP contribution in [0.1, 0.15) is 30.1 Å². The van der Waals surface area contributed by atoms with Gasteiger partial charge in [0.25, 0.3) is 5.91 Å². The minimum atomic E-state index is -0.104. The van der Waals surface area contributed by atoms with E-state index in [0.717, 1.165) is 25.3 Å². The van der Waals surface area contributed by atoms with E-state index in [-0.39, 0.29) is 29.9 Å². The quantitative estimate of drug-likeness (QED) is 0.289. The molecule has 0 aliphatic carbocycles. The van der Waals surface area contributed by atoms with E-state index in [0.29, 0.717) is 23.7 Å². The molecule has 0 saturated carbocycles. The second-order valence-electron chi connectivity index (χ2n) is 5.01. The van der Waals surface area contributed by atoms with Gasteiger partial charge in [0.15, 0.2) is 5.96 Å². The Bertz CT molecular complexity index is 493. The van der Waals surface area contributed by atoms with Gasteiger partial charge in [-0.3, -0.25) is 9.79 Å². The number of halogens is 2. The van der Waals surface area contributed by atoms with Crippen molar-refractivity contribution < 1.29 is 4.79 Å². The zero-order valence-corrected chi connectivity index (χ0v) is 17.0. The maximum absolute atomic E-state index is 11.9. The lowest BCUT2D eigenvalue weighted by Crippen LogP contribution is -2.42. The molecule has 23 heavy (non-hydrogen) atoms. The second-order valence-corrected chi connectivity index (χ2v) is 5.45. The average molecular weight is 453 g/mol. The van der Waals surface area contributed by atoms with Crippen LogP contribution in [0.25, 0.3) is 0 Å². The predicted molar refractivity (Wildman–Crippen MR) is 108 cm³/mol. The van der Waals surface area contributed by atoms with Gasteiger partial charge in [-0.2, -0.15) is 0 Å². The van der Waals surface area contributed by atoms with Gasteiger partial charge in [-0.05, 0) is 30.7 Å². The van der Waals surface area contributed by atoms with Crippen LogP contribution in [0.15, 0.2) is 29.3 Å². The number of rotatable bonds is 7. The van der Waals surface area contributed by atoms with Crippen molar-refractivity contribution in [1.82, 2.24) is 15.5 Å². The fourth-order valence-corrected chi connectivity index (χ4v) is 2.07. The molecule has 7 heteroatoms. The molecule has 1 aromatic rings. The number of aliphatic imine (C=N–C) groups is 1. The largest absolute Gasteiger partial charge is 0.354 e. The molecule has 0 aromatic heterocycles. The average Bonchev–Trinajstić information content (AvgIpc) is 2.53. The Morgan fingerprint density at radius 3 is 2.39 bits per heavy atom. The van der Waals surface area contributed by atoms with Crippen molar-refractivity contribution in [3.63, 3.8) is 0 Å². The normalized spacial score (nSPS) is 10.7. The van der Waals surface area contributed by atoms with Crippen molar-refractivity contribution in [1.29, 1.82) is 0 Å². The van der Waals surface area contributed by atoms with E-state index in [1.54, 1.807) is 31.3 Å². The summed E-state index contributed by atoms with van der Waals surface area (Å²) in [5, 5.41) is 6.72. The van der Waals surface area contributed by atoms with Gasteiger partial charge in [0.2, 0.25) is 0 Å². The van der Waals surface area contributed by atoms with Crippen LogP contribution in [0.4, 0.5) is 0 Å². The van der Waals surface area contributed by atoms with Crippen LogP contribution >= 0.6 is 35.6 Å². The standard InChI is InChI=1S/C16H25ClN4O.HI/c1-4-5-12-21(3)16(18-2)20-11-10-19-15(22)13-6-8-14(17)9-7-13;/h6-9H,4-5,10-12H2,1-3H3,(H,18,20)(H,19,22);1H. The SMILES string of the molecule is CCCCN(C)C(=NC)NCCNC(=O)c1ccc(Cl)cc1.I. The molecule has 0 aliphatic rings. The summed E-state index contributed by atoms with van der Waals surface area (Å²) in [4.78, 5) is 18.2. The van der Waals surface area contributed by atoms with E-state index in [9.17, 15) is 4.79 Å². The van der Waals surface area contributed by atoms with Crippen LogP contribution in [-0.4, -0.2) is 50.5 Å². The maximum Gasteiger partial charge on any atom is 0.251 e. The fraction of sp³-hybridized carbons (Fsp3) is 0.500. The molecule has 0 bridgehead atoms. The van der Waals surface area contributed by atoms with E-state index in [1.165, 1.54) is 0 Å². The Morgan fingerprint density at radius 2 is 1.83 bits per heavy atom. The lowest BCUT2D eigenvalue weighted by atomic mass is 10.2. The van der Waals surface area contributed by atoms with Crippen LogP contribution in [0, 0.1) is 0 Å².